The number of rotatable bonds is 6. The number of nitrogens with zero attached hydrogens (tertiary/aromatic N) is 4. The summed E-state index contributed by atoms with van der Waals surface area (Å²) in [5, 5.41) is 9.49. The number of pyridine rings is 1. The molecule has 1 aliphatic carbocycles. The molecule has 2 aromatic heterocycles. The van der Waals surface area contributed by atoms with E-state index in [1.807, 2.05) is 7.11 Å². The molecule has 0 amide bonds. The summed E-state index contributed by atoms with van der Waals surface area (Å²) in [6.07, 6.45) is 7.65. The van der Waals surface area contributed by atoms with Gasteiger partial charge < -0.3 is 4.74 Å². The van der Waals surface area contributed by atoms with Gasteiger partial charge in [-0.1, -0.05) is 41.9 Å². The maximum Gasteiger partial charge on any atom is 0.179 e. The van der Waals surface area contributed by atoms with Crippen LogP contribution in [0.3, 0.4) is 0 Å². The van der Waals surface area contributed by atoms with Gasteiger partial charge >= 0.3 is 0 Å². The Morgan fingerprint density at radius 1 is 1.10 bits per heavy atom. The lowest BCUT2D eigenvalue weighted by atomic mass is 9.84. The fourth-order valence-corrected chi connectivity index (χ4v) is 4.77. The zero-order valence-electron chi connectivity index (χ0n) is 16.9. The largest absolute Gasteiger partial charge is 0.373 e. The van der Waals surface area contributed by atoms with E-state index in [-0.39, 0.29) is 5.60 Å². The van der Waals surface area contributed by atoms with Crippen LogP contribution >= 0.6 is 11.6 Å². The smallest absolute Gasteiger partial charge is 0.179 e. The van der Waals surface area contributed by atoms with Crippen LogP contribution in [0.1, 0.15) is 42.6 Å². The number of aromatic nitrogens is 3. The first-order chi connectivity index (χ1) is 14.2. The Labute approximate surface area is 176 Å². The van der Waals surface area contributed by atoms with Crippen LogP contribution in [0.5, 0.6) is 0 Å². The van der Waals surface area contributed by atoms with Gasteiger partial charge in [0.25, 0.3) is 0 Å². The van der Waals surface area contributed by atoms with Crippen molar-refractivity contribution in [2.45, 2.75) is 44.2 Å². The van der Waals surface area contributed by atoms with E-state index in [9.17, 15) is 0 Å². The third-order valence-electron chi connectivity index (χ3n) is 6.59. The first kappa shape index (κ1) is 19.0. The van der Waals surface area contributed by atoms with Crippen molar-refractivity contribution >= 4 is 17.2 Å². The summed E-state index contributed by atoms with van der Waals surface area (Å²) in [6, 6.07) is 12.7. The Bertz CT molecular complexity index is 991. The molecule has 1 aromatic carbocycles. The third kappa shape index (κ3) is 3.67. The monoisotopic (exact) mass is 410 g/mol. The van der Waals surface area contributed by atoms with Crippen molar-refractivity contribution < 1.29 is 4.74 Å². The molecular weight excluding hydrogens is 384 g/mol. The normalized spacial score (nSPS) is 19.7. The van der Waals surface area contributed by atoms with Crippen LogP contribution in [-0.2, 0) is 23.3 Å². The number of likely N-dealkylation sites (tertiary alicyclic amines) is 1. The zero-order chi connectivity index (χ0) is 19.8. The standard InChI is InChI=1S/C23H27ClN4O/c1-29-23(19-5-3-2-4-6-19)10-13-27(14-11-23)16-18-9-12-28-20(15-17-7-8-17)25-26-22(28)21(18)24/h2-6,9,12,17H,7-8,10-11,13-16H2,1H3. The van der Waals surface area contributed by atoms with Gasteiger partial charge in [-0.15, -0.1) is 10.2 Å². The highest BCUT2D eigenvalue weighted by Crippen LogP contribution is 2.37. The van der Waals surface area contributed by atoms with Crippen molar-refractivity contribution in [3.05, 3.63) is 64.6 Å². The van der Waals surface area contributed by atoms with Gasteiger partial charge in [0, 0.05) is 39.4 Å². The predicted octanol–water partition coefficient (Wildman–Crippen LogP) is 4.47. The van der Waals surface area contributed by atoms with Crippen LogP contribution in [0.25, 0.3) is 5.65 Å². The number of piperidine rings is 1. The van der Waals surface area contributed by atoms with E-state index in [0.29, 0.717) is 0 Å². The number of halogens is 1. The van der Waals surface area contributed by atoms with E-state index in [4.69, 9.17) is 16.3 Å². The van der Waals surface area contributed by atoms with Crippen LogP contribution in [0.2, 0.25) is 5.02 Å². The molecule has 0 spiro atoms. The van der Waals surface area contributed by atoms with E-state index in [0.717, 1.165) is 66.9 Å². The Morgan fingerprint density at radius 3 is 2.55 bits per heavy atom. The molecule has 152 valence electrons. The lowest BCUT2D eigenvalue weighted by Crippen LogP contribution is -2.43. The predicted molar refractivity (Wildman–Crippen MR) is 114 cm³/mol. The summed E-state index contributed by atoms with van der Waals surface area (Å²) in [4.78, 5) is 2.46. The molecule has 1 saturated heterocycles. The number of hydrogen-bond donors (Lipinski definition) is 0. The highest BCUT2D eigenvalue weighted by Gasteiger charge is 2.36. The molecule has 0 atom stereocenters. The number of fused-ring (bicyclic) bond motifs is 1. The van der Waals surface area contributed by atoms with Crippen LogP contribution in [0, 0.1) is 5.92 Å². The van der Waals surface area contributed by atoms with Crippen LogP contribution in [-0.4, -0.2) is 39.7 Å². The average Bonchev–Trinajstić information content (AvgIpc) is 3.49. The van der Waals surface area contributed by atoms with Gasteiger partial charge in [-0.25, -0.2) is 0 Å². The van der Waals surface area contributed by atoms with E-state index in [2.05, 4.69) is 62.1 Å². The van der Waals surface area contributed by atoms with Gasteiger partial charge in [-0.3, -0.25) is 9.30 Å². The van der Waals surface area contributed by atoms with Gasteiger partial charge in [0.15, 0.2) is 5.65 Å². The molecule has 5 nitrogen and oxygen atoms in total. The highest BCUT2D eigenvalue weighted by molar-refractivity contribution is 6.34. The van der Waals surface area contributed by atoms with Crippen molar-refractivity contribution in [3.8, 4) is 0 Å². The lowest BCUT2D eigenvalue weighted by Gasteiger charge is -2.41. The molecule has 0 bridgehead atoms. The fraction of sp³-hybridized carbons (Fsp3) is 0.478. The average molecular weight is 411 g/mol. The highest BCUT2D eigenvalue weighted by atomic mass is 35.5. The molecule has 1 aliphatic heterocycles. The molecule has 1 saturated carbocycles. The molecule has 6 heteroatoms. The summed E-state index contributed by atoms with van der Waals surface area (Å²) in [7, 11) is 1.83. The maximum atomic E-state index is 6.73. The first-order valence-corrected chi connectivity index (χ1v) is 10.9. The second-order valence-corrected chi connectivity index (χ2v) is 8.83. The van der Waals surface area contributed by atoms with E-state index >= 15 is 0 Å². The zero-order valence-corrected chi connectivity index (χ0v) is 17.6. The summed E-state index contributed by atoms with van der Waals surface area (Å²) in [5.74, 6) is 1.81. The summed E-state index contributed by atoms with van der Waals surface area (Å²) in [6.45, 7) is 2.78. The number of methoxy groups -OCH3 is 1. The minimum atomic E-state index is -0.184. The molecule has 29 heavy (non-hydrogen) atoms. The molecule has 0 N–H and O–H groups in total. The molecular formula is C23H27ClN4O. The van der Waals surface area contributed by atoms with Gasteiger partial charge in [0.05, 0.1) is 10.6 Å². The van der Waals surface area contributed by atoms with E-state index in [1.54, 1.807) is 0 Å². The van der Waals surface area contributed by atoms with Crippen LogP contribution in [0.4, 0.5) is 0 Å². The van der Waals surface area contributed by atoms with Crippen molar-refractivity contribution in [1.82, 2.24) is 19.5 Å². The van der Waals surface area contributed by atoms with Crippen LogP contribution in [0.15, 0.2) is 42.6 Å². The van der Waals surface area contributed by atoms with Crippen molar-refractivity contribution in [2.75, 3.05) is 20.2 Å². The second kappa shape index (κ2) is 7.71. The van der Waals surface area contributed by atoms with Gasteiger partial charge in [-0.2, -0.15) is 0 Å². The molecule has 5 rings (SSSR count). The lowest BCUT2D eigenvalue weighted by molar-refractivity contribution is -0.0637. The molecule has 3 aromatic rings. The topological polar surface area (TPSA) is 42.7 Å². The van der Waals surface area contributed by atoms with Crippen molar-refractivity contribution in [3.63, 3.8) is 0 Å². The molecule has 2 aliphatic rings. The summed E-state index contributed by atoms with van der Waals surface area (Å²) in [5.41, 5.74) is 2.99. The molecule has 0 radical (unpaired) electrons. The SMILES string of the molecule is COC1(c2ccccc2)CCN(Cc2ccn3c(CC4CC4)nnc3c2Cl)CC1. The van der Waals surface area contributed by atoms with Crippen LogP contribution < -0.4 is 0 Å². The molecule has 2 fully saturated rings. The maximum absolute atomic E-state index is 6.73. The third-order valence-corrected chi connectivity index (χ3v) is 7.00. The molecule has 0 unspecified atom stereocenters. The molecule has 3 heterocycles. The Kier molecular flexibility index (Phi) is 5.06. The number of hydrogen-bond acceptors (Lipinski definition) is 4. The second-order valence-electron chi connectivity index (χ2n) is 8.45. The number of ether oxygens (including phenoxy) is 1. The fourth-order valence-electron chi connectivity index (χ4n) is 4.52. The van der Waals surface area contributed by atoms with Gasteiger partial charge in [0.1, 0.15) is 5.82 Å². The first-order valence-electron chi connectivity index (χ1n) is 10.5. The van der Waals surface area contributed by atoms with Crippen molar-refractivity contribution in [1.29, 1.82) is 0 Å². The summed E-state index contributed by atoms with van der Waals surface area (Å²) >= 11 is 6.73. The quantitative estimate of drug-likeness (QED) is 0.601. The van der Waals surface area contributed by atoms with Gasteiger partial charge in [0.2, 0.25) is 0 Å². The minimum Gasteiger partial charge on any atom is -0.373 e. The Balaban J connectivity index is 1.30. The van der Waals surface area contributed by atoms with E-state index in [1.165, 1.54) is 18.4 Å². The minimum absolute atomic E-state index is 0.184. The Morgan fingerprint density at radius 2 is 1.86 bits per heavy atom. The van der Waals surface area contributed by atoms with Crippen molar-refractivity contribution in [2.24, 2.45) is 5.92 Å². The Hall–Kier alpha value is -1.95. The van der Waals surface area contributed by atoms with E-state index < -0.39 is 0 Å². The number of benzene rings is 1. The summed E-state index contributed by atoms with van der Waals surface area (Å²) < 4.78 is 8.07. The van der Waals surface area contributed by atoms with Gasteiger partial charge in [-0.05, 0) is 48.8 Å².